The molecule has 1 atom stereocenters. The van der Waals surface area contributed by atoms with Crippen LogP contribution in [0.25, 0.3) is 0 Å². The van der Waals surface area contributed by atoms with E-state index in [1.807, 2.05) is 0 Å². The molecule has 0 aromatic heterocycles. The molecule has 2 rings (SSSR count). The first-order valence-electron chi connectivity index (χ1n) is 6.28. The van der Waals surface area contributed by atoms with Crippen LogP contribution in [0.2, 0.25) is 0 Å². The molecule has 1 aromatic rings. The minimum absolute atomic E-state index is 0.412. The molecule has 0 spiro atoms. The zero-order valence-electron chi connectivity index (χ0n) is 11.3. The molecule has 2 N–H and O–H groups in total. The summed E-state index contributed by atoms with van der Waals surface area (Å²) in [5, 5.41) is 11.8. The van der Waals surface area contributed by atoms with Crippen LogP contribution in [0, 0.1) is 11.2 Å². The lowest BCUT2D eigenvalue weighted by atomic mass is 10.0. The molecule has 0 unspecified atom stereocenters. The Morgan fingerprint density at radius 1 is 1.45 bits per heavy atom. The van der Waals surface area contributed by atoms with E-state index in [-0.39, 0.29) is 0 Å². The van der Waals surface area contributed by atoms with Crippen LogP contribution in [0.5, 0.6) is 5.75 Å². The standard InChI is InChI=1S/C14H16FNO4/c1-8(9-3-4-11(17)10(15)7-9)16-12(18)14(5-6-14)13(19)20-2/h3-4,7-8,17H,5-6H2,1-2H3,(H,16,18)/t8-/m0/s1. The first-order chi connectivity index (χ1) is 9.40. The first-order valence-corrected chi connectivity index (χ1v) is 6.28. The van der Waals surface area contributed by atoms with Crippen molar-refractivity contribution < 1.29 is 23.8 Å². The summed E-state index contributed by atoms with van der Waals surface area (Å²) in [6.07, 6.45) is 0.921. The topological polar surface area (TPSA) is 75.6 Å². The number of esters is 1. The van der Waals surface area contributed by atoms with Crippen LogP contribution < -0.4 is 5.32 Å². The van der Waals surface area contributed by atoms with E-state index in [1.54, 1.807) is 6.92 Å². The van der Waals surface area contributed by atoms with Gasteiger partial charge in [0.15, 0.2) is 11.6 Å². The van der Waals surface area contributed by atoms with Crippen molar-refractivity contribution in [3.63, 3.8) is 0 Å². The van der Waals surface area contributed by atoms with E-state index in [1.165, 1.54) is 19.2 Å². The van der Waals surface area contributed by atoms with Gasteiger partial charge in [-0.15, -0.1) is 0 Å². The summed E-state index contributed by atoms with van der Waals surface area (Å²) >= 11 is 0. The van der Waals surface area contributed by atoms with Crippen LogP contribution in [0.4, 0.5) is 4.39 Å². The van der Waals surface area contributed by atoms with Gasteiger partial charge in [0, 0.05) is 0 Å². The van der Waals surface area contributed by atoms with Crippen LogP contribution in [-0.4, -0.2) is 24.1 Å². The third kappa shape index (κ3) is 2.45. The molecule has 0 bridgehead atoms. The SMILES string of the molecule is COC(=O)C1(C(=O)N[C@@H](C)c2ccc(O)c(F)c2)CC1. The van der Waals surface area contributed by atoms with Gasteiger partial charge in [0.2, 0.25) is 5.91 Å². The fourth-order valence-electron chi connectivity index (χ4n) is 2.05. The Morgan fingerprint density at radius 3 is 2.60 bits per heavy atom. The summed E-state index contributed by atoms with van der Waals surface area (Å²) in [6.45, 7) is 1.68. The van der Waals surface area contributed by atoms with Gasteiger partial charge in [0.1, 0.15) is 5.41 Å². The molecule has 0 heterocycles. The van der Waals surface area contributed by atoms with Gasteiger partial charge in [-0.1, -0.05) is 6.07 Å². The summed E-state index contributed by atoms with van der Waals surface area (Å²) in [7, 11) is 1.24. The second-order valence-corrected chi connectivity index (χ2v) is 4.98. The molecule has 1 aromatic carbocycles. The summed E-state index contributed by atoms with van der Waals surface area (Å²) in [4.78, 5) is 23.7. The zero-order chi connectivity index (χ0) is 14.9. The van der Waals surface area contributed by atoms with Gasteiger partial charge in [-0.2, -0.15) is 0 Å². The Hall–Kier alpha value is -2.11. The molecule has 0 aliphatic heterocycles. The third-order valence-electron chi connectivity index (χ3n) is 3.58. The van der Waals surface area contributed by atoms with Crippen LogP contribution in [-0.2, 0) is 14.3 Å². The number of rotatable bonds is 4. The van der Waals surface area contributed by atoms with Crippen molar-refractivity contribution in [2.24, 2.45) is 5.41 Å². The number of hydrogen-bond acceptors (Lipinski definition) is 4. The van der Waals surface area contributed by atoms with Gasteiger partial charge in [0.05, 0.1) is 13.2 Å². The molecule has 20 heavy (non-hydrogen) atoms. The maximum absolute atomic E-state index is 13.3. The van der Waals surface area contributed by atoms with Crippen LogP contribution in [0.15, 0.2) is 18.2 Å². The van der Waals surface area contributed by atoms with Gasteiger partial charge < -0.3 is 15.2 Å². The van der Waals surface area contributed by atoms with Crippen molar-refractivity contribution in [2.45, 2.75) is 25.8 Å². The molecular formula is C14H16FNO4. The number of amides is 1. The van der Waals surface area contributed by atoms with Crippen molar-refractivity contribution in [1.29, 1.82) is 0 Å². The monoisotopic (exact) mass is 281 g/mol. The smallest absolute Gasteiger partial charge is 0.321 e. The molecule has 1 saturated carbocycles. The molecule has 0 saturated heterocycles. The Kier molecular flexibility index (Phi) is 3.65. The van der Waals surface area contributed by atoms with Gasteiger partial charge in [-0.3, -0.25) is 9.59 Å². The highest BCUT2D eigenvalue weighted by atomic mass is 19.1. The van der Waals surface area contributed by atoms with Crippen LogP contribution in [0.3, 0.4) is 0 Å². The number of nitrogens with one attached hydrogen (secondary N) is 1. The molecule has 6 heteroatoms. The number of ether oxygens (including phenoxy) is 1. The summed E-state index contributed by atoms with van der Waals surface area (Å²) in [5.74, 6) is -2.15. The number of hydrogen-bond donors (Lipinski definition) is 2. The second-order valence-electron chi connectivity index (χ2n) is 4.98. The van der Waals surface area contributed by atoms with E-state index >= 15 is 0 Å². The normalized spacial score (nSPS) is 17.1. The fraction of sp³-hybridized carbons (Fsp3) is 0.429. The predicted octanol–water partition coefficient (Wildman–Crippen LogP) is 1.66. The van der Waals surface area contributed by atoms with E-state index in [2.05, 4.69) is 10.1 Å². The molecular weight excluding hydrogens is 265 g/mol. The molecule has 108 valence electrons. The van der Waals surface area contributed by atoms with Gasteiger partial charge >= 0.3 is 5.97 Å². The third-order valence-corrected chi connectivity index (χ3v) is 3.58. The van der Waals surface area contributed by atoms with Crippen molar-refractivity contribution in [2.75, 3.05) is 7.11 Å². The molecule has 1 aliphatic carbocycles. The lowest BCUT2D eigenvalue weighted by Gasteiger charge is -2.18. The molecule has 0 radical (unpaired) electrons. The molecule has 5 nitrogen and oxygen atoms in total. The maximum Gasteiger partial charge on any atom is 0.321 e. The fourth-order valence-corrected chi connectivity index (χ4v) is 2.05. The number of aromatic hydroxyl groups is 1. The van der Waals surface area contributed by atoms with E-state index in [9.17, 15) is 14.0 Å². The minimum Gasteiger partial charge on any atom is -0.505 e. The number of phenols is 1. The van der Waals surface area contributed by atoms with Gasteiger partial charge in [-0.25, -0.2) is 4.39 Å². The predicted molar refractivity (Wildman–Crippen MR) is 68.3 cm³/mol. The number of carbonyl (C=O) groups excluding carboxylic acids is 2. The lowest BCUT2D eigenvalue weighted by Crippen LogP contribution is -2.39. The number of methoxy groups -OCH3 is 1. The van der Waals surface area contributed by atoms with E-state index in [4.69, 9.17) is 5.11 Å². The Balaban J connectivity index is 2.08. The van der Waals surface area contributed by atoms with Gasteiger partial charge in [-0.05, 0) is 37.5 Å². The number of halogens is 1. The number of benzene rings is 1. The summed E-state index contributed by atoms with van der Waals surface area (Å²) in [5.41, 5.74) is -0.576. The lowest BCUT2D eigenvalue weighted by molar-refractivity contribution is -0.152. The molecule has 1 amide bonds. The van der Waals surface area contributed by atoms with Crippen LogP contribution >= 0.6 is 0 Å². The highest BCUT2D eigenvalue weighted by molar-refractivity contribution is 6.05. The second kappa shape index (κ2) is 5.11. The highest BCUT2D eigenvalue weighted by Crippen LogP contribution is 2.47. The number of carbonyl (C=O) groups is 2. The molecule has 1 fully saturated rings. The van der Waals surface area contributed by atoms with Crippen LogP contribution in [0.1, 0.15) is 31.4 Å². The Bertz CT molecular complexity index is 554. The summed E-state index contributed by atoms with van der Waals surface area (Å²) in [6, 6.07) is 3.42. The van der Waals surface area contributed by atoms with Crippen molar-refractivity contribution >= 4 is 11.9 Å². The zero-order valence-corrected chi connectivity index (χ0v) is 11.3. The molecule has 1 aliphatic rings. The number of phenolic OH excluding ortho intramolecular Hbond substituents is 1. The van der Waals surface area contributed by atoms with E-state index in [0.717, 1.165) is 6.07 Å². The van der Waals surface area contributed by atoms with E-state index in [0.29, 0.717) is 18.4 Å². The van der Waals surface area contributed by atoms with Crippen molar-refractivity contribution in [3.8, 4) is 5.75 Å². The Labute approximate surface area is 115 Å². The average Bonchev–Trinajstić information content (AvgIpc) is 3.22. The van der Waals surface area contributed by atoms with E-state index < -0.39 is 34.9 Å². The maximum atomic E-state index is 13.3. The van der Waals surface area contributed by atoms with Crippen molar-refractivity contribution in [3.05, 3.63) is 29.6 Å². The summed E-state index contributed by atoms with van der Waals surface area (Å²) < 4.78 is 17.9. The Morgan fingerprint density at radius 2 is 2.10 bits per heavy atom. The quantitative estimate of drug-likeness (QED) is 0.650. The average molecular weight is 281 g/mol. The first kappa shape index (κ1) is 14.3. The largest absolute Gasteiger partial charge is 0.505 e. The highest BCUT2D eigenvalue weighted by Gasteiger charge is 2.57. The van der Waals surface area contributed by atoms with Crippen molar-refractivity contribution in [1.82, 2.24) is 5.32 Å². The van der Waals surface area contributed by atoms with Gasteiger partial charge in [0.25, 0.3) is 0 Å². The minimum atomic E-state index is -1.08.